The van der Waals surface area contributed by atoms with Gasteiger partial charge in [-0.3, -0.25) is 9.36 Å². The third-order valence-corrected chi connectivity index (χ3v) is 6.26. The lowest BCUT2D eigenvalue weighted by molar-refractivity contribution is 0.0697. The number of aromatic nitrogens is 2. The van der Waals surface area contributed by atoms with E-state index >= 15 is 0 Å². The highest BCUT2D eigenvalue weighted by molar-refractivity contribution is 5.96. The number of aromatic carboxylic acids is 1. The molecule has 0 bridgehead atoms. The van der Waals surface area contributed by atoms with Crippen molar-refractivity contribution in [3.8, 4) is 11.1 Å². The molecule has 4 rings (SSSR count). The van der Waals surface area contributed by atoms with E-state index in [2.05, 4.69) is 6.92 Å². The van der Waals surface area contributed by atoms with Crippen molar-refractivity contribution in [1.29, 1.82) is 0 Å². The van der Waals surface area contributed by atoms with Crippen LogP contribution in [-0.4, -0.2) is 26.1 Å². The van der Waals surface area contributed by atoms with Crippen LogP contribution >= 0.6 is 0 Å². The third-order valence-electron chi connectivity index (χ3n) is 6.26. The van der Waals surface area contributed by atoms with Gasteiger partial charge in [-0.05, 0) is 54.7 Å². The van der Waals surface area contributed by atoms with Crippen LogP contribution in [0.2, 0.25) is 0 Å². The largest absolute Gasteiger partial charge is 0.478 e. The quantitative estimate of drug-likeness (QED) is 0.375. The summed E-state index contributed by atoms with van der Waals surface area (Å²) in [5, 5.41) is 9.50. The van der Waals surface area contributed by atoms with E-state index in [0.29, 0.717) is 29.8 Å². The number of carboxylic acid groups (broad SMARTS) is 1. The predicted molar refractivity (Wildman–Crippen MR) is 136 cm³/mol. The fourth-order valence-corrected chi connectivity index (χ4v) is 4.37. The van der Waals surface area contributed by atoms with Crippen LogP contribution < -0.4 is 5.69 Å². The van der Waals surface area contributed by atoms with Crippen LogP contribution in [0.15, 0.2) is 83.7 Å². The summed E-state index contributed by atoms with van der Waals surface area (Å²) in [7, 11) is 0. The van der Waals surface area contributed by atoms with Crippen LogP contribution in [0.1, 0.15) is 57.4 Å². The summed E-state index contributed by atoms with van der Waals surface area (Å²) in [4.78, 5) is 38.2. The van der Waals surface area contributed by atoms with E-state index in [-0.39, 0.29) is 17.2 Å². The number of carboxylic acids is 1. The second-order valence-corrected chi connectivity index (χ2v) is 8.56. The first-order valence-electron chi connectivity index (χ1n) is 11.7. The zero-order valence-electron chi connectivity index (χ0n) is 19.9. The van der Waals surface area contributed by atoms with Gasteiger partial charge in [0.25, 0.3) is 5.91 Å². The molecular formula is C29H28N2O4. The SMILES string of the molecule is CCCCc1c(C)n(C(=O)c2ccccc2)c(=O)n1Cc1ccc(-c2ccccc2C(=O)O)cc1. The summed E-state index contributed by atoms with van der Waals surface area (Å²) in [6.45, 7) is 4.25. The van der Waals surface area contributed by atoms with Gasteiger partial charge < -0.3 is 5.11 Å². The molecule has 0 saturated heterocycles. The maximum absolute atomic E-state index is 13.4. The van der Waals surface area contributed by atoms with Crippen LogP contribution in [0.4, 0.5) is 0 Å². The summed E-state index contributed by atoms with van der Waals surface area (Å²) in [6.07, 6.45) is 2.59. The summed E-state index contributed by atoms with van der Waals surface area (Å²) >= 11 is 0. The lowest BCUT2D eigenvalue weighted by atomic mass is 9.99. The van der Waals surface area contributed by atoms with Gasteiger partial charge in [0.05, 0.1) is 12.1 Å². The second kappa shape index (κ2) is 10.4. The number of nitrogens with zero attached hydrogens (tertiary/aromatic N) is 2. The first kappa shape index (κ1) is 24.0. The Balaban J connectivity index is 1.70. The van der Waals surface area contributed by atoms with Crippen molar-refractivity contribution in [3.05, 3.63) is 117 Å². The highest BCUT2D eigenvalue weighted by Gasteiger charge is 2.22. The molecule has 0 radical (unpaired) electrons. The molecule has 0 aliphatic heterocycles. The molecule has 6 nitrogen and oxygen atoms in total. The Bertz CT molecular complexity index is 1410. The molecular weight excluding hydrogens is 440 g/mol. The van der Waals surface area contributed by atoms with E-state index in [9.17, 15) is 19.5 Å². The van der Waals surface area contributed by atoms with Crippen LogP contribution in [0.5, 0.6) is 0 Å². The molecule has 0 aliphatic rings. The van der Waals surface area contributed by atoms with Crippen LogP contribution in [0, 0.1) is 6.92 Å². The zero-order valence-corrected chi connectivity index (χ0v) is 19.9. The van der Waals surface area contributed by atoms with Crippen molar-refractivity contribution >= 4 is 11.9 Å². The number of carbonyl (C=O) groups is 2. The van der Waals surface area contributed by atoms with Gasteiger partial charge in [0, 0.05) is 17.0 Å². The predicted octanol–water partition coefficient (Wildman–Crippen LogP) is 5.40. The third kappa shape index (κ3) is 4.87. The Hall–Kier alpha value is -4.19. The van der Waals surface area contributed by atoms with Gasteiger partial charge in [-0.25, -0.2) is 14.2 Å². The van der Waals surface area contributed by atoms with Gasteiger partial charge in [-0.2, -0.15) is 0 Å². The number of rotatable bonds is 8. The average Bonchev–Trinajstić information content (AvgIpc) is 3.11. The minimum absolute atomic E-state index is 0.241. The van der Waals surface area contributed by atoms with Crippen LogP contribution in [-0.2, 0) is 13.0 Å². The average molecular weight is 469 g/mol. The van der Waals surface area contributed by atoms with Crippen molar-refractivity contribution in [1.82, 2.24) is 9.13 Å². The van der Waals surface area contributed by atoms with Gasteiger partial charge >= 0.3 is 11.7 Å². The Labute approximate surface area is 204 Å². The first-order chi connectivity index (χ1) is 16.9. The van der Waals surface area contributed by atoms with Crippen molar-refractivity contribution in [2.24, 2.45) is 0 Å². The molecule has 35 heavy (non-hydrogen) atoms. The maximum Gasteiger partial charge on any atom is 0.336 e. The number of unbranched alkanes of at least 4 members (excludes halogenated alkanes) is 1. The van der Waals surface area contributed by atoms with E-state index in [1.54, 1.807) is 47.0 Å². The van der Waals surface area contributed by atoms with Crippen molar-refractivity contribution in [2.75, 3.05) is 0 Å². The zero-order chi connectivity index (χ0) is 24.9. The number of benzene rings is 3. The fraction of sp³-hybridized carbons (Fsp3) is 0.207. The minimum atomic E-state index is -0.975. The first-order valence-corrected chi connectivity index (χ1v) is 11.7. The molecule has 6 heteroatoms. The lowest BCUT2D eigenvalue weighted by Gasteiger charge is -2.10. The van der Waals surface area contributed by atoms with Crippen molar-refractivity contribution < 1.29 is 14.7 Å². The van der Waals surface area contributed by atoms with Crippen molar-refractivity contribution in [3.63, 3.8) is 0 Å². The molecule has 3 aromatic carbocycles. The number of carbonyl (C=O) groups excluding carboxylic acids is 1. The topological polar surface area (TPSA) is 81.3 Å². The summed E-state index contributed by atoms with van der Waals surface area (Å²) in [6, 6.07) is 23.2. The smallest absolute Gasteiger partial charge is 0.336 e. The standard InChI is InChI=1S/C29H28N2O4/c1-3-4-14-26-20(2)31(27(32)23-10-6-5-7-11-23)29(35)30(26)19-21-15-17-22(18-16-21)24-12-8-9-13-25(24)28(33)34/h5-13,15-18H,3-4,14,19H2,1-2H3,(H,33,34). The molecule has 0 saturated carbocycles. The highest BCUT2D eigenvalue weighted by atomic mass is 16.4. The summed E-state index contributed by atoms with van der Waals surface area (Å²) in [5.41, 5.74) is 4.23. The molecule has 4 aromatic rings. The number of hydrogen-bond donors (Lipinski definition) is 1. The summed E-state index contributed by atoms with van der Waals surface area (Å²) in [5.74, 6) is -1.30. The van der Waals surface area contributed by atoms with Crippen LogP contribution in [0.3, 0.4) is 0 Å². The molecule has 0 aliphatic carbocycles. The van der Waals surface area contributed by atoms with Gasteiger partial charge in [0.2, 0.25) is 0 Å². The van der Waals surface area contributed by atoms with E-state index in [1.165, 1.54) is 4.57 Å². The molecule has 1 aromatic heterocycles. The lowest BCUT2D eigenvalue weighted by Crippen LogP contribution is -2.30. The Morgan fingerprint density at radius 2 is 1.54 bits per heavy atom. The number of imidazole rings is 1. The molecule has 0 spiro atoms. The fourth-order valence-electron chi connectivity index (χ4n) is 4.37. The number of hydrogen-bond acceptors (Lipinski definition) is 3. The molecule has 0 amide bonds. The molecule has 0 atom stereocenters. The molecule has 0 unspecified atom stereocenters. The summed E-state index contributed by atoms with van der Waals surface area (Å²) < 4.78 is 2.96. The van der Waals surface area contributed by atoms with Gasteiger partial charge in [0.1, 0.15) is 0 Å². The minimum Gasteiger partial charge on any atom is -0.478 e. The molecule has 1 N–H and O–H groups in total. The van der Waals surface area contributed by atoms with Crippen molar-refractivity contribution in [2.45, 2.75) is 39.7 Å². The van der Waals surface area contributed by atoms with Gasteiger partial charge in [-0.1, -0.05) is 74.0 Å². The Kier molecular flexibility index (Phi) is 7.11. The molecule has 1 heterocycles. The monoisotopic (exact) mass is 468 g/mol. The maximum atomic E-state index is 13.4. The highest BCUT2D eigenvalue weighted by Crippen LogP contribution is 2.24. The Morgan fingerprint density at radius 3 is 2.20 bits per heavy atom. The van der Waals surface area contributed by atoms with E-state index < -0.39 is 5.97 Å². The van der Waals surface area contributed by atoms with Crippen LogP contribution in [0.25, 0.3) is 11.1 Å². The van der Waals surface area contributed by atoms with Gasteiger partial charge in [0.15, 0.2) is 0 Å². The van der Waals surface area contributed by atoms with E-state index in [1.807, 2.05) is 43.3 Å². The van der Waals surface area contributed by atoms with E-state index in [4.69, 9.17) is 0 Å². The normalized spacial score (nSPS) is 10.9. The Morgan fingerprint density at radius 1 is 0.886 bits per heavy atom. The molecule has 178 valence electrons. The van der Waals surface area contributed by atoms with E-state index in [0.717, 1.165) is 29.7 Å². The second-order valence-electron chi connectivity index (χ2n) is 8.56. The van der Waals surface area contributed by atoms with Gasteiger partial charge in [-0.15, -0.1) is 0 Å². The molecule has 0 fully saturated rings.